The quantitative estimate of drug-likeness (QED) is 0.710. The highest BCUT2D eigenvalue weighted by Gasteiger charge is 2.34. The first-order chi connectivity index (χ1) is 11.7. The zero-order valence-electron chi connectivity index (χ0n) is 13.7. The van der Waals surface area contributed by atoms with Gasteiger partial charge in [-0.05, 0) is 31.9 Å². The fraction of sp³-hybridized carbons (Fsp3) is 0.200. The van der Waals surface area contributed by atoms with Gasteiger partial charge < -0.3 is 9.42 Å². The summed E-state index contributed by atoms with van der Waals surface area (Å²) in [6, 6.07) is 17.9. The summed E-state index contributed by atoms with van der Waals surface area (Å²) in [6.07, 6.45) is 0.868. The molecule has 0 fully saturated rings. The monoisotopic (exact) mass is 318 g/mol. The van der Waals surface area contributed by atoms with Gasteiger partial charge in [-0.15, -0.1) is 0 Å². The fourth-order valence-electron chi connectivity index (χ4n) is 3.41. The molecular weight excluding hydrogens is 300 g/mol. The van der Waals surface area contributed by atoms with E-state index in [1.165, 1.54) is 5.56 Å². The largest absolute Gasteiger partial charge is 0.360 e. The van der Waals surface area contributed by atoms with E-state index in [0.717, 1.165) is 17.7 Å². The summed E-state index contributed by atoms with van der Waals surface area (Å²) in [5.41, 5.74) is 4.22. The highest BCUT2D eigenvalue weighted by molar-refractivity contribution is 6.11. The molecule has 4 nitrogen and oxygen atoms in total. The molecule has 4 rings (SSSR count). The molecule has 1 aliphatic heterocycles. The third kappa shape index (κ3) is 2.22. The van der Waals surface area contributed by atoms with Crippen LogP contribution < -0.4 is 4.90 Å². The number of aryl methyl sites for hydroxylation is 1. The van der Waals surface area contributed by atoms with E-state index >= 15 is 0 Å². The van der Waals surface area contributed by atoms with E-state index in [1.807, 2.05) is 53.4 Å². The Morgan fingerprint density at radius 3 is 2.62 bits per heavy atom. The van der Waals surface area contributed by atoms with Crippen LogP contribution in [0.5, 0.6) is 0 Å². The second kappa shape index (κ2) is 5.64. The Morgan fingerprint density at radius 2 is 1.83 bits per heavy atom. The summed E-state index contributed by atoms with van der Waals surface area (Å²) in [5, 5.41) is 4.14. The molecule has 0 N–H and O–H groups in total. The van der Waals surface area contributed by atoms with Gasteiger partial charge in [0.1, 0.15) is 17.0 Å². The van der Waals surface area contributed by atoms with Gasteiger partial charge in [-0.25, -0.2) is 0 Å². The van der Waals surface area contributed by atoms with Crippen molar-refractivity contribution in [3.8, 4) is 11.3 Å². The maximum atomic E-state index is 13.3. The van der Waals surface area contributed by atoms with Crippen LogP contribution in [-0.4, -0.2) is 17.1 Å². The van der Waals surface area contributed by atoms with Gasteiger partial charge in [0, 0.05) is 17.3 Å². The molecule has 2 aromatic carbocycles. The molecule has 1 aromatic heterocycles. The summed E-state index contributed by atoms with van der Waals surface area (Å²) < 4.78 is 5.36. The second-order valence-corrected chi connectivity index (χ2v) is 6.19. The van der Waals surface area contributed by atoms with Crippen LogP contribution in [0.15, 0.2) is 59.1 Å². The maximum absolute atomic E-state index is 13.3. The molecule has 0 radical (unpaired) electrons. The number of rotatable bonds is 2. The van der Waals surface area contributed by atoms with Crippen molar-refractivity contribution in [1.29, 1.82) is 0 Å². The minimum atomic E-state index is -0.0509. The molecule has 0 spiro atoms. The van der Waals surface area contributed by atoms with Crippen molar-refractivity contribution in [3.63, 3.8) is 0 Å². The van der Waals surface area contributed by atoms with Crippen molar-refractivity contribution in [2.75, 3.05) is 4.90 Å². The topological polar surface area (TPSA) is 46.3 Å². The lowest BCUT2D eigenvalue weighted by Crippen LogP contribution is -2.36. The van der Waals surface area contributed by atoms with E-state index in [0.29, 0.717) is 17.0 Å². The number of aromatic nitrogens is 1. The molecule has 1 amide bonds. The Balaban J connectivity index is 1.81. The van der Waals surface area contributed by atoms with Crippen LogP contribution >= 0.6 is 0 Å². The number of carbonyl (C=O) groups excluding carboxylic acids is 1. The number of carbonyl (C=O) groups is 1. The summed E-state index contributed by atoms with van der Waals surface area (Å²) in [7, 11) is 0. The molecule has 0 bridgehead atoms. The third-order valence-corrected chi connectivity index (χ3v) is 4.55. The molecule has 3 aromatic rings. The van der Waals surface area contributed by atoms with Gasteiger partial charge in [-0.1, -0.05) is 53.7 Å². The van der Waals surface area contributed by atoms with E-state index in [-0.39, 0.29) is 11.9 Å². The van der Waals surface area contributed by atoms with Crippen LogP contribution in [-0.2, 0) is 6.42 Å². The molecule has 2 heterocycles. The number of hydrogen-bond donors (Lipinski definition) is 0. The van der Waals surface area contributed by atoms with Gasteiger partial charge in [-0.3, -0.25) is 4.79 Å². The predicted octanol–water partition coefficient (Wildman–Crippen LogP) is 4.24. The number of amides is 1. The van der Waals surface area contributed by atoms with E-state index in [4.69, 9.17) is 4.52 Å². The first-order valence-electron chi connectivity index (χ1n) is 8.10. The summed E-state index contributed by atoms with van der Waals surface area (Å²) in [5.74, 6) is 0.500. The van der Waals surface area contributed by atoms with Crippen molar-refractivity contribution in [2.45, 2.75) is 26.3 Å². The molecule has 0 aliphatic carbocycles. The zero-order valence-corrected chi connectivity index (χ0v) is 13.7. The minimum absolute atomic E-state index is 0.0509. The molecule has 120 valence electrons. The first-order valence-corrected chi connectivity index (χ1v) is 8.10. The van der Waals surface area contributed by atoms with Gasteiger partial charge in [0.2, 0.25) is 0 Å². The normalized spacial score (nSPS) is 16.2. The second-order valence-electron chi connectivity index (χ2n) is 6.19. The molecule has 0 saturated heterocycles. The maximum Gasteiger partial charge on any atom is 0.264 e. The van der Waals surface area contributed by atoms with Gasteiger partial charge >= 0.3 is 0 Å². The molecule has 24 heavy (non-hydrogen) atoms. The Morgan fingerprint density at radius 1 is 1.12 bits per heavy atom. The van der Waals surface area contributed by atoms with Crippen molar-refractivity contribution in [3.05, 3.63) is 71.5 Å². The van der Waals surface area contributed by atoms with Crippen LogP contribution in [0.3, 0.4) is 0 Å². The van der Waals surface area contributed by atoms with Gasteiger partial charge in [-0.2, -0.15) is 0 Å². The summed E-state index contributed by atoms with van der Waals surface area (Å²) >= 11 is 0. The van der Waals surface area contributed by atoms with Crippen molar-refractivity contribution in [1.82, 2.24) is 5.16 Å². The Bertz CT molecular complexity index is 899. The molecule has 0 unspecified atom stereocenters. The van der Waals surface area contributed by atoms with Crippen molar-refractivity contribution in [2.24, 2.45) is 0 Å². The Kier molecular flexibility index (Phi) is 3.45. The average Bonchev–Trinajstić information content (AvgIpc) is 3.14. The van der Waals surface area contributed by atoms with Crippen molar-refractivity contribution < 1.29 is 9.32 Å². The molecular formula is C20H18N2O2. The summed E-state index contributed by atoms with van der Waals surface area (Å²) in [6.45, 7) is 3.86. The highest BCUT2D eigenvalue weighted by Crippen LogP contribution is 2.35. The number of para-hydroxylation sites is 1. The van der Waals surface area contributed by atoms with Gasteiger partial charge in [0.15, 0.2) is 0 Å². The molecule has 4 heteroatoms. The number of fused-ring (bicyclic) bond motifs is 1. The lowest BCUT2D eigenvalue weighted by Gasteiger charge is -2.22. The smallest absolute Gasteiger partial charge is 0.264 e. The first kappa shape index (κ1) is 14.7. The SMILES string of the molecule is Cc1onc(-c2ccccc2)c1C(=O)N1c2ccccc2C[C@H]1C. The molecule has 1 atom stereocenters. The number of anilines is 1. The Hall–Kier alpha value is -2.88. The highest BCUT2D eigenvalue weighted by atomic mass is 16.5. The molecule has 0 saturated carbocycles. The lowest BCUT2D eigenvalue weighted by atomic mass is 10.0. The number of benzene rings is 2. The average molecular weight is 318 g/mol. The van der Waals surface area contributed by atoms with E-state index < -0.39 is 0 Å². The predicted molar refractivity (Wildman–Crippen MR) is 93.1 cm³/mol. The van der Waals surface area contributed by atoms with E-state index in [2.05, 4.69) is 18.1 Å². The lowest BCUT2D eigenvalue weighted by molar-refractivity contribution is 0.0980. The third-order valence-electron chi connectivity index (χ3n) is 4.55. The van der Waals surface area contributed by atoms with Crippen LogP contribution in [0.4, 0.5) is 5.69 Å². The van der Waals surface area contributed by atoms with Crippen molar-refractivity contribution >= 4 is 11.6 Å². The fourth-order valence-corrected chi connectivity index (χ4v) is 3.41. The summed E-state index contributed by atoms with van der Waals surface area (Å²) in [4.78, 5) is 15.2. The van der Waals surface area contributed by atoms with E-state index in [1.54, 1.807) is 6.92 Å². The standard InChI is InChI=1S/C20H18N2O2/c1-13-12-16-10-6-7-11-17(16)22(13)20(23)18-14(2)24-21-19(18)15-8-4-3-5-9-15/h3-11,13H,12H2,1-2H3/t13-/m1/s1. The number of hydrogen-bond acceptors (Lipinski definition) is 3. The van der Waals surface area contributed by atoms with E-state index in [9.17, 15) is 4.79 Å². The minimum Gasteiger partial charge on any atom is -0.360 e. The van der Waals surface area contributed by atoms with Crippen LogP contribution in [0, 0.1) is 6.92 Å². The van der Waals surface area contributed by atoms with Crippen LogP contribution in [0.1, 0.15) is 28.6 Å². The molecule has 1 aliphatic rings. The van der Waals surface area contributed by atoms with Gasteiger partial charge in [0.05, 0.1) is 0 Å². The van der Waals surface area contributed by atoms with Gasteiger partial charge in [0.25, 0.3) is 5.91 Å². The Labute approximate surface area is 140 Å². The van der Waals surface area contributed by atoms with Crippen LogP contribution in [0.2, 0.25) is 0 Å². The number of nitrogens with zero attached hydrogens (tertiary/aromatic N) is 2. The zero-order chi connectivity index (χ0) is 16.7. The van der Waals surface area contributed by atoms with Crippen LogP contribution in [0.25, 0.3) is 11.3 Å².